The highest BCUT2D eigenvalue weighted by molar-refractivity contribution is 5.25. The van der Waals surface area contributed by atoms with E-state index >= 15 is 0 Å². The van der Waals surface area contributed by atoms with Gasteiger partial charge in [-0.05, 0) is 25.3 Å². The van der Waals surface area contributed by atoms with Gasteiger partial charge in [0.1, 0.15) is 0 Å². The SMILES string of the molecule is CCC(CC)CN1CC(C)(c2ccccc2)NCC1C. The van der Waals surface area contributed by atoms with Crippen LogP contribution in [0, 0.1) is 5.92 Å². The number of hydrogen-bond acceptors (Lipinski definition) is 2. The Hall–Kier alpha value is -0.860. The molecule has 0 saturated carbocycles. The Bertz CT molecular complexity index is 399. The van der Waals surface area contributed by atoms with E-state index in [4.69, 9.17) is 0 Å². The molecule has 2 nitrogen and oxygen atoms in total. The molecule has 1 aromatic carbocycles. The Morgan fingerprint density at radius 3 is 2.50 bits per heavy atom. The fraction of sp³-hybridized carbons (Fsp3) is 0.667. The van der Waals surface area contributed by atoms with E-state index in [1.807, 2.05) is 0 Å². The maximum absolute atomic E-state index is 3.76. The van der Waals surface area contributed by atoms with E-state index in [-0.39, 0.29) is 5.54 Å². The molecule has 0 aromatic heterocycles. The van der Waals surface area contributed by atoms with Gasteiger partial charge < -0.3 is 5.32 Å². The molecule has 1 fully saturated rings. The van der Waals surface area contributed by atoms with Crippen LogP contribution in [0.4, 0.5) is 0 Å². The third-order valence-electron chi connectivity index (χ3n) is 4.99. The summed E-state index contributed by atoms with van der Waals surface area (Å²) in [4.78, 5) is 2.68. The molecule has 2 rings (SSSR count). The lowest BCUT2D eigenvalue weighted by atomic mass is 9.87. The van der Waals surface area contributed by atoms with Crippen LogP contribution in [0.1, 0.15) is 46.1 Å². The summed E-state index contributed by atoms with van der Waals surface area (Å²) in [6.07, 6.45) is 2.57. The molecule has 1 aliphatic rings. The van der Waals surface area contributed by atoms with Gasteiger partial charge in [-0.15, -0.1) is 0 Å². The molecular formula is C18H30N2. The van der Waals surface area contributed by atoms with Gasteiger partial charge in [-0.2, -0.15) is 0 Å². The first-order valence-corrected chi connectivity index (χ1v) is 8.13. The van der Waals surface area contributed by atoms with Gasteiger partial charge in [0.15, 0.2) is 0 Å². The Labute approximate surface area is 124 Å². The van der Waals surface area contributed by atoms with Crippen molar-refractivity contribution in [3.05, 3.63) is 35.9 Å². The largest absolute Gasteiger partial charge is 0.305 e. The number of nitrogens with one attached hydrogen (secondary N) is 1. The van der Waals surface area contributed by atoms with Crippen molar-refractivity contribution in [2.24, 2.45) is 5.92 Å². The highest BCUT2D eigenvalue weighted by Crippen LogP contribution is 2.27. The molecule has 1 N–H and O–H groups in total. The smallest absolute Gasteiger partial charge is 0.0535 e. The van der Waals surface area contributed by atoms with Gasteiger partial charge in [-0.3, -0.25) is 4.90 Å². The average Bonchev–Trinajstić information content (AvgIpc) is 2.49. The van der Waals surface area contributed by atoms with Gasteiger partial charge >= 0.3 is 0 Å². The summed E-state index contributed by atoms with van der Waals surface area (Å²) in [7, 11) is 0. The summed E-state index contributed by atoms with van der Waals surface area (Å²) in [5, 5.41) is 3.76. The predicted octanol–water partition coefficient (Wildman–Crippen LogP) is 3.63. The number of piperazine rings is 1. The summed E-state index contributed by atoms with van der Waals surface area (Å²) in [5.41, 5.74) is 1.49. The number of benzene rings is 1. The molecular weight excluding hydrogens is 244 g/mol. The zero-order valence-corrected chi connectivity index (χ0v) is 13.5. The van der Waals surface area contributed by atoms with Gasteiger partial charge in [0.05, 0.1) is 5.54 Å². The topological polar surface area (TPSA) is 15.3 Å². The summed E-state index contributed by atoms with van der Waals surface area (Å²) < 4.78 is 0. The van der Waals surface area contributed by atoms with E-state index in [0.29, 0.717) is 6.04 Å². The van der Waals surface area contributed by atoms with Crippen LogP contribution in [-0.4, -0.2) is 30.6 Å². The fourth-order valence-electron chi connectivity index (χ4n) is 3.24. The van der Waals surface area contributed by atoms with E-state index in [1.165, 1.54) is 24.9 Å². The minimum atomic E-state index is 0.0831. The summed E-state index contributed by atoms with van der Waals surface area (Å²) in [6.45, 7) is 12.7. The summed E-state index contributed by atoms with van der Waals surface area (Å²) in [6, 6.07) is 11.5. The van der Waals surface area contributed by atoms with Crippen LogP contribution >= 0.6 is 0 Å². The van der Waals surface area contributed by atoms with Gasteiger partial charge in [0.25, 0.3) is 0 Å². The molecule has 112 valence electrons. The Morgan fingerprint density at radius 2 is 1.90 bits per heavy atom. The molecule has 2 unspecified atom stereocenters. The number of rotatable bonds is 5. The minimum Gasteiger partial charge on any atom is -0.305 e. The third-order valence-corrected chi connectivity index (χ3v) is 4.99. The minimum absolute atomic E-state index is 0.0831. The van der Waals surface area contributed by atoms with Crippen LogP contribution in [0.2, 0.25) is 0 Å². The first kappa shape index (κ1) is 15.5. The lowest BCUT2D eigenvalue weighted by molar-refractivity contribution is 0.0772. The maximum Gasteiger partial charge on any atom is 0.0535 e. The second-order valence-corrected chi connectivity index (χ2v) is 6.54. The summed E-state index contributed by atoms with van der Waals surface area (Å²) >= 11 is 0. The molecule has 0 aliphatic carbocycles. The van der Waals surface area contributed by atoms with Crippen molar-refractivity contribution in [3.8, 4) is 0 Å². The highest BCUT2D eigenvalue weighted by atomic mass is 15.2. The van der Waals surface area contributed by atoms with Crippen LogP contribution in [0.3, 0.4) is 0 Å². The molecule has 0 radical (unpaired) electrons. The fourth-order valence-corrected chi connectivity index (χ4v) is 3.24. The van der Waals surface area contributed by atoms with Crippen molar-refractivity contribution in [3.63, 3.8) is 0 Å². The van der Waals surface area contributed by atoms with E-state index in [1.54, 1.807) is 0 Å². The molecule has 0 spiro atoms. The zero-order chi connectivity index (χ0) is 14.6. The Kier molecular flexibility index (Phi) is 5.22. The van der Waals surface area contributed by atoms with Crippen LogP contribution < -0.4 is 5.32 Å². The van der Waals surface area contributed by atoms with E-state index in [0.717, 1.165) is 19.0 Å². The molecule has 1 heterocycles. The average molecular weight is 274 g/mol. The van der Waals surface area contributed by atoms with Crippen molar-refractivity contribution >= 4 is 0 Å². The van der Waals surface area contributed by atoms with Crippen LogP contribution in [0.25, 0.3) is 0 Å². The van der Waals surface area contributed by atoms with Crippen molar-refractivity contribution < 1.29 is 0 Å². The van der Waals surface area contributed by atoms with Crippen molar-refractivity contribution in [1.82, 2.24) is 10.2 Å². The Balaban J connectivity index is 2.11. The van der Waals surface area contributed by atoms with Gasteiger partial charge in [0.2, 0.25) is 0 Å². The predicted molar refractivity (Wildman–Crippen MR) is 86.9 cm³/mol. The standard InChI is InChI=1S/C18H30N2/c1-5-16(6-2)13-20-14-18(4,19-12-15(20)3)17-10-8-7-9-11-17/h7-11,15-16,19H,5-6,12-14H2,1-4H3. The Morgan fingerprint density at radius 1 is 1.25 bits per heavy atom. The van der Waals surface area contributed by atoms with Gasteiger partial charge in [-0.1, -0.05) is 57.0 Å². The molecule has 20 heavy (non-hydrogen) atoms. The molecule has 1 aliphatic heterocycles. The van der Waals surface area contributed by atoms with Crippen LogP contribution in [-0.2, 0) is 5.54 Å². The summed E-state index contributed by atoms with van der Waals surface area (Å²) in [5.74, 6) is 0.829. The van der Waals surface area contributed by atoms with Crippen molar-refractivity contribution in [1.29, 1.82) is 0 Å². The second kappa shape index (κ2) is 6.73. The lowest BCUT2D eigenvalue weighted by Crippen LogP contribution is -2.61. The molecule has 1 saturated heterocycles. The number of nitrogens with zero attached hydrogens (tertiary/aromatic N) is 1. The lowest BCUT2D eigenvalue weighted by Gasteiger charge is -2.46. The number of hydrogen-bond donors (Lipinski definition) is 1. The van der Waals surface area contributed by atoms with Crippen molar-refractivity contribution in [2.45, 2.75) is 52.1 Å². The molecule has 2 heteroatoms. The zero-order valence-electron chi connectivity index (χ0n) is 13.5. The highest BCUT2D eigenvalue weighted by Gasteiger charge is 2.35. The van der Waals surface area contributed by atoms with Crippen molar-refractivity contribution in [2.75, 3.05) is 19.6 Å². The van der Waals surface area contributed by atoms with Crippen LogP contribution in [0.15, 0.2) is 30.3 Å². The second-order valence-electron chi connectivity index (χ2n) is 6.54. The molecule has 0 bridgehead atoms. The van der Waals surface area contributed by atoms with Gasteiger partial charge in [0, 0.05) is 25.7 Å². The quantitative estimate of drug-likeness (QED) is 0.882. The van der Waals surface area contributed by atoms with E-state index < -0.39 is 0 Å². The molecule has 2 atom stereocenters. The maximum atomic E-state index is 3.76. The van der Waals surface area contributed by atoms with E-state index in [9.17, 15) is 0 Å². The first-order valence-electron chi connectivity index (χ1n) is 8.13. The van der Waals surface area contributed by atoms with E-state index in [2.05, 4.69) is 68.2 Å². The third kappa shape index (κ3) is 3.42. The normalized spacial score (nSPS) is 27.9. The monoisotopic (exact) mass is 274 g/mol. The van der Waals surface area contributed by atoms with Gasteiger partial charge in [-0.25, -0.2) is 0 Å². The van der Waals surface area contributed by atoms with Crippen LogP contribution in [0.5, 0.6) is 0 Å². The molecule has 1 aromatic rings. The molecule has 0 amide bonds. The first-order chi connectivity index (χ1) is 9.59.